The van der Waals surface area contributed by atoms with Gasteiger partial charge in [0.05, 0.1) is 33.5 Å². The van der Waals surface area contributed by atoms with E-state index in [1.54, 1.807) is 0 Å². The summed E-state index contributed by atoms with van der Waals surface area (Å²) < 4.78 is 2.55. The van der Waals surface area contributed by atoms with Gasteiger partial charge in [-0.1, -0.05) is 212 Å². The molecule has 0 amide bonds. The highest BCUT2D eigenvalue weighted by atomic mass is 15.1. The van der Waals surface area contributed by atoms with Gasteiger partial charge in [-0.05, 0) is 92.0 Å². The van der Waals surface area contributed by atoms with Crippen LogP contribution in [-0.2, 0) is 5.41 Å². The molecule has 0 unspecified atom stereocenters. The monoisotopic (exact) mass is 826 g/mol. The van der Waals surface area contributed by atoms with Crippen molar-refractivity contribution in [2.75, 3.05) is 4.90 Å². The zero-order valence-electron chi connectivity index (χ0n) is 35.6. The number of rotatable bonds is 7. The van der Waals surface area contributed by atoms with Crippen LogP contribution in [-0.4, -0.2) is 4.57 Å². The maximum absolute atomic E-state index is 2.55. The average molecular weight is 827 g/mol. The number of para-hydroxylation sites is 2. The van der Waals surface area contributed by atoms with Crippen LogP contribution >= 0.6 is 0 Å². The van der Waals surface area contributed by atoms with E-state index in [0.717, 1.165) is 28.2 Å². The molecule has 0 saturated heterocycles. The van der Waals surface area contributed by atoms with E-state index < -0.39 is 5.41 Å². The lowest BCUT2D eigenvalue weighted by atomic mass is 9.67. The van der Waals surface area contributed by atoms with Crippen LogP contribution in [0, 0.1) is 0 Å². The Hall–Kier alpha value is -8.46. The highest BCUT2D eigenvalue weighted by Gasteiger charge is 2.48. The second-order valence-electron chi connectivity index (χ2n) is 17.2. The first-order valence-corrected chi connectivity index (χ1v) is 22.5. The van der Waals surface area contributed by atoms with E-state index in [9.17, 15) is 0 Å². The Bertz CT molecular complexity index is 3740. The number of hydrogen-bond donors (Lipinski definition) is 0. The summed E-state index contributed by atoms with van der Waals surface area (Å²) in [6.45, 7) is 0. The predicted octanol–water partition coefficient (Wildman–Crippen LogP) is 16.6. The molecule has 304 valence electrons. The van der Waals surface area contributed by atoms with Gasteiger partial charge in [-0.3, -0.25) is 0 Å². The number of aromatic nitrogens is 1. The topological polar surface area (TPSA) is 8.17 Å². The van der Waals surface area contributed by atoms with Crippen LogP contribution in [0.4, 0.5) is 17.1 Å². The number of fused-ring (bicyclic) bond motifs is 8. The van der Waals surface area contributed by atoms with Gasteiger partial charge in [-0.25, -0.2) is 0 Å². The van der Waals surface area contributed by atoms with Gasteiger partial charge in [0.25, 0.3) is 0 Å². The predicted molar refractivity (Wildman–Crippen MR) is 273 cm³/mol. The zero-order valence-corrected chi connectivity index (χ0v) is 35.6. The minimum absolute atomic E-state index is 0.564. The molecule has 11 aromatic carbocycles. The Balaban J connectivity index is 1.09. The Morgan fingerprint density at radius 2 is 0.923 bits per heavy atom. The fourth-order valence-corrected chi connectivity index (χ4v) is 11.1. The van der Waals surface area contributed by atoms with Gasteiger partial charge in [0.2, 0.25) is 0 Å². The van der Waals surface area contributed by atoms with E-state index in [2.05, 4.69) is 264 Å². The Labute approximate surface area is 378 Å². The largest absolute Gasteiger partial charge is 0.309 e. The summed E-state index contributed by atoms with van der Waals surface area (Å²) in [6.07, 6.45) is 0. The fraction of sp³-hybridized carbons (Fsp3) is 0.0159. The molecule has 2 heteroatoms. The SMILES string of the molecule is c1ccc(C2(c3ccccc3)c3ccccc3-c3cccc(-n4c5ccccc5c5ccc(-c6ccccc6N(c6ccc7ccccc7c6)c6cccc7ccccc67)cc54)c32)cc1. The Morgan fingerprint density at radius 3 is 1.74 bits per heavy atom. The van der Waals surface area contributed by atoms with Crippen molar-refractivity contribution in [3.8, 4) is 27.9 Å². The highest BCUT2D eigenvalue weighted by Crippen LogP contribution is 2.58. The number of benzene rings is 11. The third-order valence-corrected chi connectivity index (χ3v) is 13.8. The van der Waals surface area contributed by atoms with Gasteiger partial charge in [0, 0.05) is 33.0 Å². The molecule has 65 heavy (non-hydrogen) atoms. The maximum Gasteiger partial charge on any atom is 0.0734 e. The maximum atomic E-state index is 2.55. The summed E-state index contributed by atoms with van der Waals surface area (Å²) in [5.74, 6) is 0. The first-order chi connectivity index (χ1) is 32.3. The van der Waals surface area contributed by atoms with Gasteiger partial charge in [-0.2, -0.15) is 0 Å². The smallest absolute Gasteiger partial charge is 0.0734 e. The molecule has 1 aliphatic carbocycles. The molecule has 2 nitrogen and oxygen atoms in total. The van der Waals surface area contributed by atoms with E-state index in [1.165, 1.54) is 82.4 Å². The molecule has 0 aliphatic heterocycles. The zero-order chi connectivity index (χ0) is 42.9. The number of anilines is 3. The highest BCUT2D eigenvalue weighted by molar-refractivity contribution is 6.11. The molecule has 0 bridgehead atoms. The van der Waals surface area contributed by atoms with Gasteiger partial charge >= 0.3 is 0 Å². The van der Waals surface area contributed by atoms with Crippen molar-refractivity contribution < 1.29 is 0 Å². The summed E-state index contributed by atoms with van der Waals surface area (Å²) in [4.78, 5) is 2.46. The normalized spacial score (nSPS) is 12.7. The fourth-order valence-electron chi connectivity index (χ4n) is 11.1. The van der Waals surface area contributed by atoms with E-state index in [4.69, 9.17) is 0 Å². The molecule has 0 spiro atoms. The van der Waals surface area contributed by atoms with Crippen molar-refractivity contribution >= 4 is 60.4 Å². The summed E-state index contributed by atoms with van der Waals surface area (Å²) in [5, 5.41) is 7.29. The Morgan fingerprint density at radius 1 is 0.338 bits per heavy atom. The summed E-state index contributed by atoms with van der Waals surface area (Å²) >= 11 is 0. The molecule has 0 radical (unpaired) electrons. The molecule has 0 N–H and O–H groups in total. The van der Waals surface area contributed by atoms with Gasteiger partial charge in [0.15, 0.2) is 0 Å². The standard InChI is InChI=1S/C63H42N2/c1-3-23-47(24-4-1)63(48-25-5-2-6-26-48)56-32-14-11-29-52(56)55-31-18-36-60(62(55)63)65-59-34-16-13-30-53(59)54-40-38-46(42-61(54)65)51-28-12-15-33-57(51)64(49-39-37-43-19-7-8-21-45(43)41-49)58-35-17-22-44-20-9-10-27-50(44)58/h1-42H. The molecule has 1 heterocycles. The molecule has 12 aromatic rings. The lowest BCUT2D eigenvalue weighted by molar-refractivity contribution is 0.762. The van der Waals surface area contributed by atoms with Crippen LogP contribution in [0.5, 0.6) is 0 Å². The quantitative estimate of drug-likeness (QED) is 0.155. The molecule has 0 fully saturated rings. The summed E-state index contributed by atoms with van der Waals surface area (Å²) in [7, 11) is 0. The van der Waals surface area contributed by atoms with Crippen LogP contribution in [0.25, 0.3) is 71.3 Å². The number of nitrogens with zero attached hydrogens (tertiary/aromatic N) is 2. The molecule has 1 aromatic heterocycles. The third kappa shape index (κ3) is 5.60. The van der Waals surface area contributed by atoms with Crippen LogP contribution in [0.1, 0.15) is 22.3 Å². The van der Waals surface area contributed by atoms with Crippen molar-refractivity contribution in [1.82, 2.24) is 4.57 Å². The van der Waals surface area contributed by atoms with Crippen molar-refractivity contribution in [1.29, 1.82) is 0 Å². The van der Waals surface area contributed by atoms with Crippen molar-refractivity contribution in [3.63, 3.8) is 0 Å². The molecular formula is C63H42N2. The van der Waals surface area contributed by atoms with Gasteiger partial charge in [0.1, 0.15) is 0 Å². The lowest BCUT2D eigenvalue weighted by Crippen LogP contribution is -2.29. The minimum Gasteiger partial charge on any atom is -0.309 e. The molecule has 0 atom stereocenters. The second-order valence-corrected chi connectivity index (χ2v) is 17.2. The van der Waals surface area contributed by atoms with Crippen molar-refractivity contribution in [2.24, 2.45) is 0 Å². The van der Waals surface area contributed by atoms with Crippen LogP contribution < -0.4 is 4.90 Å². The first-order valence-electron chi connectivity index (χ1n) is 22.5. The van der Waals surface area contributed by atoms with Crippen molar-refractivity contribution in [3.05, 3.63) is 277 Å². The van der Waals surface area contributed by atoms with Gasteiger partial charge in [-0.15, -0.1) is 0 Å². The lowest BCUT2D eigenvalue weighted by Gasteiger charge is -2.35. The number of hydrogen-bond acceptors (Lipinski definition) is 1. The van der Waals surface area contributed by atoms with Crippen LogP contribution in [0.15, 0.2) is 255 Å². The van der Waals surface area contributed by atoms with Crippen LogP contribution in [0.3, 0.4) is 0 Å². The van der Waals surface area contributed by atoms with E-state index in [0.29, 0.717) is 0 Å². The average Bonchev–Trinajstić information content (AvgIpc) is 3.88. The van der Waals surface area contributed by atoms with E-state index in [1.807, 2.05) is 0 Å². The minimum atomic E-state index is -0.564. The molecule has 1 aliphatic rings. The Kier molecular flexibility index (Phi) is 8.47. The molecular weight excluding hydrogens is 785 g/mol. The van der Waals surface area contributed by atoms with Crippen LogP contribution in [0.2, 0.25) is 0 Å². The van der Waals surface area contributed by atoms with E-state index in [-0.39, 0.29) is 0 Å². The third-order valence-electron chi connectivity index (χ3n) is 13.8. The van der Waals surface area contributed by atoms with E-state index >= 15 is 0 Å². The second kappa shape index (κ2) is 14.8. The molecule has 13 rings (SSSR count). The molecule has 0 saturated carbocycles. The first kappa shape index (κ1) is 37.1. The summed E-state index contributed by atoms with van der Waals surface area (Å²) in [6, 6.07) is 94.0. The summed E-state index contributed by atoms with van der Waals surface area (Å²) in [5.41, 5.74) is 16.3. The van der Waals surface area contributed by atoms with Gasteiger partial charge < -0.3 is 9.47 Å². The van der Waals surface area contributed by atoms with Crippen molar-refractivity contribution in [2.45, 2.75) is 5.41 Å².